The highest BCUT2D eigenvalue weighted by Crippen LogP contribution is 2.48. The van der Waals surface area contributed by atoms with Gasteiger partial charge in [-0.1, -0.05) is 42.0 Å². The molecule has 2 aromatic rings. The molecule has 1 N–H and O–H groups in total. The molecule has 29 heavy (non-hydrogen) atoms. The third kappa shape index (κ3) is 3.44. The van der Waals surface area contributed by atoms with Crippen molar-refractivity contribution in [2.45, 2.75) is 57.3 Å². The van der Waals surface area contributed by atoms with E-state index in [2.05, 4.69) is 37.3 Å². The van der Waals surface area contributed by atoms with Crippen LogP contribution < -0.4 is 4.74 Å². The van der Waals surface area contributed by atoms with Crippen molar-refractivity contribution in [2.24, 2.45) is 17.8 Å². The Morgan fingerprint density at radius 2 is 1.97 bits per heavy atom. The first-order valence-electron chi connectivity index (χ1n) is 10.8. The summed E-state index contributed by atoms with van der Waals surface area (Å²) >= 11 is 0. The van der Waals surface area contributed by atoms with Crippen LogP contribution in [0.3, 0.4) is 0 Å². The fraction of sp³-hybridized carbons (Fsp3) is 0.480. The molecule has 5 atom stereocenters. The number of fused-ring (bicyclic) bond motifs is 2. The van der Waals surface area contributed by atoms with E-state index in [1.54, 1.807) is 0 Å². The molecular formula is C25H28O4. The van der Waals surface area contributed by atoms with Crippen molar-refractivity contribution in [1.29, 1.82) is 0 Å². The Morgan fingerprint density at radius 3 is 2.79 bits per heavy atom. The molecule has 2 aliphatic carbocycles. The maximum atomic E-state index is 12.4. The molecular weight excluding hydrogens is 364 g/mol. The van der Waals surface area contributed by atoms with Crippen molar-refractivity contribution in [3.8, 4) is 5.75 Å². The SMILES string of the molecule is Cc1ccc2cc(O[C@@H]3OC(=O)[C@H]4CC[C@@](O)(C5C=CCCC5)C[C@@H]34)ccc2c1. The van der Waals surface area contributed by atoms with E-state index in [1.165, 1.54) is 5.56 Å². The highest BCUT2D eigenvalue weighted by molar-refractivity contribution is 5.84. The third-order valence-corrected chi connectivity index (χ3v) is 7.04. The van der Waals surface area contributed by atoms with Crippen LogP contribution in [0.15, 0.2) is 48.6 Å². The number of rotatable bonds is 3. The Balaban J connectivity index is 1.37. The van der Waals surface area contributed by atoms with Gasteiger partial charge in [0.15, 0.2) is 0 Å². The van der Waals surface area contributed by atoms with Crippen LogP contribution in [0.2, 0.25) is 0 Å². The van der Waals surface area contributed by atoms with Gasteiger partial charge in [-0.3, -0.25) is 4.79 Å². The molecule has 152 valence electrons. The van der Waals surface area contributed by atoms with Gasteiger partial charge in [0, 0.05) is 11.8 Å². The van der Waals surface area contributed by atoms with Gasteiger partial charge in [0.05, 0.1) is 11.5 Å². The van der Waals surface area contributed by atoms with Crippen molar-refractivity contribution in [2.75, 3.05) is 0 Å². The van der Waals surface area contributed by atoms with E-state index in [1.807, 2.05) is 18.2 Å². The number of ether oxygens (including phenoxy) is 2. The van der Waals surface area contributed by atoms with Crippen molar-refractivity contribution < 1.29 is 19.4 Å². The summed E-state index contributed by atoms with van der Waals surface area (Å²) in [5.41, 5.74) is 0.450. The average Bonchev–Trinajstić information content (AvgIpc) is 3.03. The fourth-order valence-corrected chi connectivity index (χ4v) is 5.40. The van der Waals surface area contributed by atoms with Gasteiger partial charge in [0.2, 0.25) is 6.29 Å². The van der Waals surface area contributed by atoms with Crippen molar-refractivity contribution in [3.05, 3.63) is 54.1 Å². The third-order valence-electron chi connectivity index (χ3n) is 7.04. The number of benzene rings is 2. The van der Waals surface area contributed by atoms with Gasteiger partial charge in [-0.25, -0.2) is 0 Å². The van der Waals surface area contributed by atoms with E-state index in [0.717, 1.165) is 30.0 Å². The largest absolute Gasteiger partial charge is 0.454 e. The molecule has 3 aliphatic rings. The summed E-state index contributed by atoms with van der Waals surface area (Å²) in [6.45, 7) is 2.08. The first-order valence-corrected chi connectivity index (χ1v) is 10.8. The lowest BCUT2D eigenvalue weighted by molar-refractivity contribution is -0.154. The molecule has 1 saturated heterocycles. The Hall–Kier alpha value is -2.33. The predicted octanol–water partition coefficient (Wildman–Crippen LogP) is 4.91. The Kier molecular flexibility index (Phi) is 4.62. The van der Waals surface area contributed by atoms with Crippen LogP contribution in [0.4, 0.5) is 0 Å². The smallest absolute Gasteiger partial charge is 0.312 e. The Labute approximate surface area is 171 Å². The maximum absolute atomic E-state index is 12.4. The zero-order chi connectivity index (χ0) is 20.0. The summed E-state index contributed by atoms with van der Waals surface area (Å²) in [4.78, 5) is 12.4. The molecule has 4 heteroatoms. The number of allylic oxidation sites excluding steroid dienone is 1. The van der Waals surface area contributed by atoms with E-state index in [0.29, 0.717) is 25.0 Å². The molecule has 0 bridgehead atoms. The van der Waals surface area contributed by atoms with Crippen LogP contribution in [-0.4, -0.2) is 23.0 Å². The fourth-order valence-electron chi connectivity index (χ4n) is 5.40. The summed E-state index contributed by atoms with van der Waals surface area (Å²) in [5, 5.41) is 13.7. The lowest BCUT2D eigenvalue weighted by Gasteiger charge is -2.43. The number of carbonyl (C=O) groups is 1. The minimum absolute atomic E-state index is 0.106. The zero-order valence-corrected chi connectivity index (χ0v) is 16.8. The molecule has 5 rings (SSSR count). The molecule has 1 heterocycles. The minimum atomic E-state index is -0.769. The predicted molar refractivity (Wildman–Crippen MR) is 111 cm³/mol. The molecule has 2 aromatic carbocycles. The van der Waals surface area contributed by atoms with Crippen LogP contribution >= 0.6 is 0 Å². The van der Waals surface area contributed by atoms with Crippen molar-refractivity contribution in [1.82, 2.24) is 0 Å². The average molecular weight is 392 g/mol. The molecule has 1 saturated carbocycles. The van der Waals surface area contributed by atoms with Crippen LogP contribution in [-0.2, 0) is 9.53 Å². The highest BCUT2D eigenvalue weighted by Gasteiger charge is 2.54. The standard InChI is InChI=1S/C25H28O4/c1-16-7-8-18-14-20(10-9-17(18)13-16)28-24-22-15-25(27,19-5-3-2-4-6-19)12-11-21(22)23(26)29-24/h3,5,7-10,13-14,19,21-22,24,27H,2,4,6,11-12,15H2,1H3/t19?,21-,22+,24+,25-/m0/s1. The summed E-state index contributed by atoms with van der Waals surface area (Å²) in [5.74, 6) is 0.405. The highest BCUT2D eigenvalue weighted by atomic mass is 16.7. The molecule has 0 amide bonds. The van der Waals surface area contributed by atoms with Crippen LogP contribution in [0.25, 0.3) is 10.8 Å². The molecule has 2 fully saturated rings. The van der Waals surface area contributed by atoms with E-state index >= 15 is 0 Å². The Morgan fingerprint density at radius 1 is 1.14 bits per heavy atom. The van der Waals surface area contributed by atoms with Crippen molar-refractivity contribution in [3.63, 3.8) is 0 Å². The van der Waals surface area contributed by atoms with Gasteiger partial charge in [-0.2, -0.15) is 0 Å². The minimum Gasteiger partial charge on any atom is -0.454 e. The summed E-state index contributed by atoms with van der Waals surface area (Å²) in [7, 11) is 0. The number of cyclic esters (lactones) is 1. The van der Waals surface area contributed by atoms with Crippen LogP contribution in [0.1, 0.15) is 44.1 Å². The number of aryl methyl sites for hydroxylation is 1. The summed E-state index contributed by atoms with van der Waals surface area (Å²) in [6, 6.07) is 12.3. The van der Waals surface area contributed by atoms with Gasteiger partial charge in [0.1, 0.15) is 5.75 Å². The van der Waals surface area contributed by atoms with E-state index in [9.17, 15) is 9.90 Å². The second-order valence-electron chi connectivity index (χ2n) is 9.02. The molecule has 0 aromatic heterocycles. The van der Waals surface area contributed by atoms with E-state index < -0.39 is 11.9 Å². The van der Waals surface area contributed by atoms with Crippen LogP contribution in [0.5, 0.6) is 5.75 Å². The molecule has 0 radical (unpaired) electrons. The molecule has 1 aliphatic heterocycles. The number of hydrogen-bond acceptors (Lipinski definition) is 4. The summed E-state index contributed by atoms with van der Waals surface area (Å²) < 4.78 is 11.8. The van der Waals surface area contributed by atoms with Gasteiger partial charge >= 0.3 is 5.97 Å². The maximum Gasteiger partial charge on any atom is 0.312 e. The normalized spacial score (nSPS) is 34.1. The number of aliphatic hydroxyl groups is 1. The quantitative estimate of drug-likeness (QED) is 0.595. The first-order chi connectivity index (χ1) is 14.0. The van der Waals surface area contributed by atoms with E-state index in [4.69, 9.17) is 9.47 Å². The second kappa shape index (κ2) is 7.17. The van der Waals surface area contributed by atoms with Gasteiger partial charge in [-0.15, -0.1) is 0 Å². The van der Waals surface area contributed by atoms with Crippen LogP contribution in [0, 0.1) is 24.7 Å². The molecule has 4 nitrogen and oxygen atoms in total. The first kappa shape index (κ1) is 18.7. The summed E-state index contributed by atoms with van der Waals surface area (Å²) in [6.07, 6.45) is 8.81. The molecule has 0 spiro atoms. The second-order valence-corrected chi connectivity index (χ2v) is 9.02. The Bertz CT molecular complexity index is 964. The van der Waals surface area contributed by atoms with Gasteiger partial charge in [-0.05, 0) is 68.4 Å². The number of hydrogen-bond donors (Lipinski definition) is 1. The molecule has 1 unspecified atom stereocenters. The van der Waals surface area contributed by atoms with Gasteiger partial charge in [0.25, 0.3) is 0 Å². The monoisotopic (exact) mass is 392 g/mol. The number of carbonyl (C=O) groups excluding carboxylic acids is 1. The van der Waals surface area contributed by atoms with E-state index in [-0.39, 0.29) is 23.7 Å². The van der Waals surface area contributed by atoms with Crippen molar-refractivity contribution >= 4 is 16.7 Å². The lowest BCUT2D eigenvalue weighted by atomic mass is 9.65. The number of esters is 1. The lowest BCUT2D eigenvalue weighted by Crippen LogP contribution is -2.47. The zero-order valence-electron chi connectivity index (χ0n) is 16.8. The van der Waals surface area contributed by atoms with Gasteiger partial charge < -0.3 is 14.6 Å². The topological polar surface area (TPSA) is 55.8 Å².